The SMILES string of the molecule is CCCCN(C(=O)c1ccc(-n2nc(C)cc2C)cc1)c1c(N)n(CCC)c(=O)[nH]c1=O. The highest BCUT2D eigenvalue weighted by molar-refractivity contribution is 6.07. The summed E-state index contributed by atoms with van der Waals surface area (Å²) in [5.41, 5.74) is 8.14. The van der Waals surface area contributed by atoms with Crippen LogP contribution in [0.2, 0.25) is 0 Å². The molecular weight excluding hydrogens is 408 g/mol. The van der Waals surface area contributed by atoms with Gasteiger partial charge in [0.1, 0.15) is 5.82 Å². The molecule has 3 aromatic rings. The summed E-state index contributed by atoms with van der Waals surface area (Å²) in [6.07, 6.45) is 2.17. The van der Waals surface area contributed by atoms with Crippen molar-refractivity contribution in [2.45, 2.75) is 53.5 Å². The number of nitrogens with zero attached hydrogens (tertiary/aromatic N) is 4. The fourth-order valence-corrected chi connectivity index (χ4v) is 3.71. The number of carbonyl (C=O) groups is 1. The number of hydrogen-bond donors (Lipinski definition) is 2. The predicted molar refractivity (Wildman–Crippen MR) is 126 cm³/mol. The van der Waals surface area contributed by atoms with Gasteiger partial charge in [-0.1, -0.05) is 20.3 Å². The van der Waals surface area contributed by atoms with Crippen LogP contribution in [0.5, 0.6) is 0 Å². The standard InChI is InChI=1S/C23H30N6O3/c1-5-7-13-27(19-20(24)28(12-6-2)23(32)25-21(19)30)22(31)17-8-10-18(11-9-17)29-16(4)14-15(3)26-29/h8-11,14H,5-7,12-13,24H2,1-4H3,(H,25,30,32). The molecule has 3 rings (SSSR count). The molecule has 0 atom stereocenters. The van der Waals surface area contributed by atoms with Crippen LogP contribution in [0.1, 0.15) is 54.9 Å². The molecule has 0 aliphatic carbocycles. The van der Waals surface area contributed by atoms with Crippen molar-refractivity contribution in [3.05, 3.63) is 68.1 Å². The van der Waals surface area contributed by atoms with Crippen molar-refractivity contribution in [3.8, 4) is 5.69 Å². The van der Waals surface area contributed by atoms with Crippen LogP contribution in [-0.4, -0.2) is 31.8 Å². The summed E-state index contributed by atoms with van der Waals surface area (Å²) >= 11 is 0. The minimum Gasteiger partial charge on any atom is -0.383 e. The summed E-state index contributed by atoms with van der Waals surface area (Å²) in [7, 11) is 0. The molecule has 170 valence electrons. The third kappa shape index (κ3) is 4.51. The summed E-state index contributed by atoms with van der Waals surface area (Å²) in [5, 5.41) is 4.46. The highest BCUT2D eigenvalue weighted by Crippen LogP contribution is 2.21. The molecule has 0 aliphatic rings. The fraction of sp³-hybridized carbons (Fsp3) is 0.391. The maximum Gasteiger partial charge on any atom is 0.330 e. The van der Waals surface area contributed by atoms with Crippen molar-refractivity contribution in [3.63, 3.8) is 0 Å². The number of carbonyl (C=O) groups excluding carboxylic acids is 1. The Morgan fingerprint density at radius 2 is 1.81 bits per heavy atom. The van der Waals surface area contributed by atoms with Crippen molar-refractivity contribution in [2.24, 2.45) is 0 Å². The number of aromatic amines is 1. The molecule has 1 aromatic carbocycles. The van der Waals surface area contributed by atoms with Gasteiger partial charge in [0.05, 0.1) is 11.4 Å². The van der Waals surface area contributed by atoms with E-state index >= 15 is 0 Å². The average molecular weight is 439 g/mol. The second-order valence-electron chi connectivity index (χ2n) is 7.84. The number of nitrogens with two attached hydrogens (primary N) is 1. The second-order valence-corrected chi connectivity index (χ2v) is 7.84. The third-order valence-electron chi connectivity index (χ3n) is 5.28. The van der Waals surface area contributed by atoms with E-state index in [1.807, 2.05) is 50.6 Å². The molecule has 9 nitrogen and oxygen atoms in total. The van der Waals surface area contributed by atoms with E-state index in [9.17, 15) is 14.4 Å². The van der Waals surface area contributed by atoms with E-state index in [0.29, 0.717) is 31.5 Å². The van der Waals surface area contributed by atoms with Crippen molar-refractivity contribution in [2.75, 3.05) is 17.2 Å². The lowest BCUT2D eigenvalue weighted by atomic mass is 10.1. The largest absolute Gasteiger partial charge is 0.383 e. The molecule has 0 fully saturated rings. The summed E-state index contributed by atoms with van der Waals surface area (Å²) in [5.74, 6) is -0.346. The number of anilines is 2. The first-order valence-electron chi connectivity index (χ1n) is 10.9. The van der Waals surface area contributed by atoms with E-state index in [0.717, 1.165) is 23.5 Å². The van der Waals surface area contributed by atoms with Gasteiger partial charge in [-0.25, -0.2) is 9.48 Å². The van der Waals surface area contributed by atoms with E-state index < -0.39 is 11.2 Å². The Morgan fingerprint density at radius 1 is 1.12 bits per heavy atom. The zero-order valence-corrected chi connectivity index (χ0v) is 19.0. The van der Waals surface area contributed by atoms with Gasteiger partial charge in [-0.15, -0.1) is 0 Å². The molecule has 0 radical (unpaired) electrons. The Hall–Kier alpha value is -3.62. The van der Waals surface area contributed by atoms with E-state index in [4.69, 9.17) is 5.73 Å². The lowest BCUT2D eigenvalue weighted by Gasteiger charge is -2.24. The Kier molecular flexibility index (Phi) is 6.97. The first kappa shape index (κ1) is 23.1. The van der Waals surface area contributed by atoms with E-state index in [2.05, 4.69) is 10.1 Å². The molecule has 3 N–H and O–H groups in total. The quantitative estimate of drug-likeness (QED) is 0.560. The van der Waals surface area contributed by atoms with Crippen LogP contribution in [0.25, 0.3) is 5.69 Å². The molecule has 32 heavy (non-hydrogen) atoms. The summed E-state index contributed by atoms with van der Waals surface area (Å²) in [6, 6.07) is 9.03. The molecule has 2 heterocycles. The van der Waals surface area contributed by atoms with Crippen LogP contribution >= 0.6 is 0 Å². The van der Waals surface area contributed by atoms with Crippen LogP contribution in [0.4, 0.5) is 11.5 Å². The van der Waals surface area contributed by atoms with Crippen LogP contribution < -0.4 is 21.9 Å². The maximum atomic E-state index is 13.4. The summed E-state index contributed by atoms with van der Waals surface area (Å²) in [4.78, 5) is 42.0. The van der Waals surface area contributed by atoms with Gasteiger partial charge in [-0.2, -0.15) is 5.10 Å². The molecule has 0 saturated heterocycles. The summed E-state index contributed by atoms with van der Waals surface area (Å²) < 4.78 is 3.11. The number of amides is 1. The van der Waals surface area contributed by atoms with Gasteiger partial charge < -0.3 is 10.6 Å². The highest BCUT2D eigenvalue weighted by atomic mass is 16.2. The smallest absolute Gasteiger partial charge is 0.330 e. The van der Waals surface area contributed by atoms with Gasteiger partial charge in [0.25, 0.3) is 11.5 Å². The number of benzene rings is 1. The topological polar surface area (TPSA) is 119 Å². The Bertz CT molecular complexity index is 1220. The van der Waals surface area contributed by atoms with Gasteiger partial charge >= 0.3 is 5.69 Å². The van der Waals surface area contributed by atoms with Crippen LogP contribution in [0.15, 0.2) is 39.9 Å². The first-order chi connectivity index (χ1) is 15.3. The first-order valence-corrected chi connectivity index (χ1v) is 10.9. The van der Waals surface area contributed by atoms with Crippen molar-refractivity contribution < 1.29 is 4.79 Å². The van der Waals surface area contributed by atoms with E-state index in [1.165, 1.54) is 9.47 Å². The van der Waals surface area contributed by atoms with Crippen molar-refractivity contribution in [1.29, 1.82) is 0 Å². The maximum absolute atomic E-state index is 13.4. The number of aromatic nitrogens is 4. The minimum absolute atomic E-state index is 0.00399. The zero-order valence-electron chi connectivity index (χ0n) is 19.0. The number of aryl methyl sites for hydroxylation is 2. The van der Waals surface area contributed by atoms with Gasteiger partial charge in [0.2, 0.25) is 0 Å². The van der Waals surface area contributed by atoms with Crippen molar-refractivity contribution >= 4 is 17.4 Å². The molecular formula is C23H30N6O3. The molecule has 0 saturated carbocycles. The molecule has 0 aliphatic heterocycles. The van der Waals surface area contributed by atoms with E-state index in [1.54, 1.807) is 12.1 Å². The van der Waals surface area contributed by atoms with Crippen LogP contribution in [0, 0.1) is 13.8 Å². The normalized spacial score (nSPS) is 11.0. The highest BCUT2D eigenvalue weighted by Gasteiger charge is 2.25. The van der Waals surface area contributed by atoms with Gasteiger partial charge in [-0.05, 0) is 57.0 Å². The summed E-state index contributed by atoms with van der Waals surface area (Å²) in [6.45, 7) is 8.45. The van der Waals surface area contributed by atoms with Gasteiger partial charge in [0, 0.05) is 24.3 Å². The van der Waals surface area contributed by atoms with Gasteiger partial charge in [0.15, 0.2) is 5.69 Å². The number of hydrogen-bond acceptors (Lipinski definition) is 5. The molecule has 2 aromatic heterocycles. The molecule has 1 amide bonds. The monoisotopic (exact) mass is 438 g/mol. The minimum atomic E-state index is -0.663. The van der Waals surface area contributed by atoms with Crippen molar-refractivity contribution in [1.82, 2.24) is 19.3 Å². The number of H-pyrrole nitrogens is 1. The zero-order chi connectivity index (χ0) is 23.4. The van der Waals surface area contributed by atoms with E-state index in [-0.39, 0.29) is 17.4 Å². The predicted octanol–water partition coefficient (Wildman–Crippen LogP) is 2.78. The Balaban J connectivity index is 2.03. The lowest BCUT2D eigenvalue weighted by Crippen LogP contribution is -2.41. The number of unbranched alkanes of at least 4 members (excludes halogenated alkanes) is 1. The molecule has 9 heteroatoms. The number of nitrogens with one attached hydrogen (secondary N) is 1. The molecule has 0 unspecified atom stereocenters. The second kappa shape index (κ2) is 9.67. The Labute approximate surface area is 186 Å². The molecule has 0 bridgehead atoms. The third-order valence-corrected chi connectivity index (χ3v) is 5.28. The van der Waals surface area contributed by atoms with Crippen LogP contribution in [-0.2, 0) is 6.54 Å². The molecule has 0 spiro atoms. The van der Waals surface area contributed by atoms with Gasteiger partial charge in [-0.3, -0.25) is 19.1 Å². The fourth-order valence-electron chi connectivity index (χ4n) is 3.71. The number of nitrogen functional groups attached to an aromatic ring is 1. The average Bonchev–Trinajstić information content (AvgIpc) is 3.10. The number of rotatable bonds is 8. The lowest BCUT2D eigenvalue weighted by molar-refractivity contribution is 0.0986. The van der Waals surface area contributed by atoms with Crippen LogP contribution in [0.3, 0.4) is 0 Å². The Morgan fingerprint density at radius 3 is 2.38 bits per heavy atom.